The van der Waals surface area contributed by atoms with Gasteiger partial charge in [-0.25, -0.2) is 4.39 Å². The Morgan fingerprint density at radius 3 is 2.57 bits per heavy atom. The van der Waals surface area contributed by atoms with Crippen LogP contribution in [0.5, 0.6) is 5.75 Å². The van der Waals surface area contributed by atoms with Gasteiger partial charge >= 0.3 is 0 Å². The summed E-state index contributed by atoms with van der Waals surface area (Å²) in [5.41, 5.74) is 0.959. The summed E-state index contributed by atoms with van der Waals surface area (Å²) in [6.45, 7) is 1.88. The Morgan fingerprint density at radius 1 is 1.04 bits per heavy atom. The van der Waals surface area contributed by atoms with Crippen LogP contribution in [-0.2, 0) is 6.42 Å². The van der Waals surface area contributed by atoms with Crippen LogP contribution < -0.4 is 15.4 Å². The van der Waals surface area contributed by atoms with Crippen molar-refractivity contribution in [1.29, 1.82) is 0 Å². The summed E-state index contributed by atoms with van der Waals surface area (Å²) < 4.78 is 18.7. The van der Waals surface area contributed by atoms with Crippen LogP contribution in [0.3, 0.4) is 0 Å². The van der Waals surface area contributed by atoms with E-state index < -0.39 is 0 Å². The molecule has 0 aliphatic heterocycles. The number of nitrogens with one attached hydrogen (secondary N) is 2. The third-order valence-corrected chi connectivity index (χ3v) is 3.23. The Labute approximate surface area is 136 Å². The van der Waals surface area contributed by atoms with Crippen LogP contribution in [-0.4, -0.2) is 32.7 Å². The molecule has 2 N–H and O–H groups in total. The van der Waals surface area contributed by atoms with Crippen molar-refractivity contribution in [3.63, 3.8) is 0 Å². The van der Waals surface area contributed by atoms with E-state index in [0.717, 1.165) is 17.7 Å². The SMILES string of the molecule is CN=C(NCCOc1ccccc1)NCCc1cccc(F)c1. The fourth-order valence-corrected chi connectivity index (χ4v) is 2.09. The van der Waals surface area contributed by atoms with Gasteiger partial charge in [-0.1, -0.05) is 30.3 Å². The summed E-state index contributed by atoms with van der Waals surface area (Å²) in [6, 6.07) is 16.3. The lowest BCUT2D eigenvalue weighted by molar-refractivity contribution is 0.322. The molecule has 122 valence electrons. The second kappa shape index (κ2) is 9.46. The Morgan fingerprint density at radius 2 is 1.83 bits per heavy atom. The topological polar surface area (TPSA) is 45.7 Å². The number of aliphatic imine (C=N–C) groups is 1. The minimum absolute atomic E-state index is 0.205. The molecule has 2 aromatic carbocycles. The van der Waals surface area contributed by atoms with Crippen LogP contribution in [0.4, 0.5) is 4.39 Å². The summed E-state index contributed by atoms with van der Waals surface area (Å²) in [5, 5.41) is 6.37. The van der Waals surface area contributed by atoms with Gasteiger partial charge in [-0.15, -0.1) is 0 Å². The monoisotopic (exact) mass is 315 g/mol. The first-order valence-corrected chi connectivity index (χ1v) is 7.65. The Hall–Kier alpha value is -2.56. The molecule has 4 nitrogen and oxygen atoms in total. The molecule has 0 fully saturated rings. The first kappa shape index (κ1) is 16.8. The molecule has 0 aliphatic carbocycles. The zero-order valence-corrected chi connectivity index (χ0v) is 13.3. The van der Waals surface area contributed by atoms with E-state index in [1.54, 1.807) is 19.2 Å². The van der Waals surface area contributed by atoms with Gasteiger partial charge in [-0.2, -0.15) is 0 Å². The van der Waals surface area contributed by atoms with Crippen LogP contribution >= 0.6 is 0 Å². The van der Waals surface area contributed by atoms with Crippen molar-refractivity contribution >= 4 is 5.96 Å². The van der Waals surface area contributed by atoms with Gasteiger partial charge in [-0.05, 0) is 36.2 Å². The number of hydrogen-bond acceptors (Lipinski definition) is 2. The smallest absolute Gasteiger partial charge is 0.191 e. The molecule has 0 saturated heterocycles. The average Bonchev–Trinajstić information content (AvgIpc) is 2.58. The summed E-state index contributed by atoms with van der Waals surface area (Å²) in [4.78, 5) is 4.15. The van der Waals surface area contributed by atoms with E-state index in [9.17, 15) is 4.39 Å². The predicted molar refractivity (Wildman–Crippen MR) is 91.4 cm³/mol. The minimum atomic E-state index is -0.205. The molecule has 0 aromatic heterocycles. The van der Waals surface area contributed by atoms with E-state index in [0.29, 0.717) is 25.7 Å². The van der Waals surface area contributed by atoms with Crippen molar-refractivity contribution in [3.05, 3.63) is 66.0 Å². The Balaban J connectivity index is 1.63. The van der Waals surface area contributed by atoms with Crippen LogP contribution in [0.2, 0.25) is 0 Å². The van der Waals surface area contributed by atoms with E-state index in [1.807, 2.05) is 36.4 Å². The molecule has 5 heteroatoms. The number of nitrogens with zero attached hydrogens (tertiary/aromatic N) is 1. The standard InChI is InChI=1S/C18H22FN3O/c1-20-18(21-11-10-15-6-5-7-16(19)14-15)22-12-13-23-17-8-3-2-4-9-17/h2-9,14H,10-13H2,1H3,(H2,20,21,22). The second-order valence-corrected chi connectivity index (χ2v) is 4.97. The van der Waals surface area contributed by atoms with E-state index in [1.165, 1.54) is 6.07 Å². The number of ether oxygens (including phenoxy) is 1. The lowest BCUT2D eigenvalue weighted by Gasteiger charge is -2.12. The van der Waals surface area contributed by atoms with Gasteiger partial charge in [0.1, 0.15) is 18.2 Å². The number of halogens is 1. The van der Waals surface area contributed by atoms with Crippen molar-refractivity contribution in [2.75, 3.05) is 26.7 Å². The fraction of sp³-hybridized carbons (Fsp3) is 0.278. The van der Waals surface area contributed by atoms with Crippen LogP contribution in [0.15, 0.2) is 59.6 Å². The summed E-state index contributed by atoms with van der Waals surface area (Å²) in [5.74, 6) is 1.35. The van der Waals surface area contributed by atoms with Crippen molar-refractivity contribution in [3.8, 4) is 5.75 Å². The predicted octanol–water partition coefficient (Wildman–Crippen LogP) is 2.61. The zero-order chi connectivity index (χ0) is 16.3. The number of hydrogen-bond donors (Lipinski definition) is 2. The Bertz CT molecular complexity index is 617. The molecule has 0 atom stereocenters. The summed E-state index contributed by atoms with van der Waals surface area (Å²) >= 11 is 0. The van der Waals surface area contributed by atoms with E-state index in [2.05, 4.69) is 15.6 Å². The molecule has 0 saturated carbocycles. The van der Waals surface area contributed by atoms with Crippen molar-refractivity contribution < 1.29 is 9.13 Å². The molecule has 2 aromatic rings. The minimum Gasteiger partial charge on any atom is -0.492 e. The highest BCUT2D eigenvalue weighted by atomic mass is 19.1. The molecule has 0 heterocycles. The molecule has 0 amide bonds. The van der Waals surface area contributed by atoms with E-state index >= 15 is 0 Å². The molecule has 2 rings (SSSR count). The number of guanidine groups is 1. The van der Waals surface area contributed by atoms with Gasteiger partial charge in [0.25, 0.3) is 0 Å². The van der Waals surface area contributed by atoms with Gasteiger partial charge in [-0.3, -0.25) is 4.99 Å². The van der Waals surface area contributed by atoms with Crippen LogP contribution in [0, 0.1) is 5.82 Å². The summed E-state index contributed by atoms with van der Waals surface area (Å²) in [6.07, 6.45) is 0.735. The highest BCUT2D eigenvalue weighted by Gasteiger charge is 1.99. The van der Waals surface area contributed by atoms with Crippen molar-refractivity contribution in [2.45, 2.75) is 6.42 Å². The molecular weight excluding hydrogens is 293 g/mol. The van der Waals surface area contributed by atoms with Gasteiger partial charge in [0.05, 0.1) is 6.54 Å². The van der Waals surface area contributed by atoms with Gasteiger partial charge in [0.15, 0.2) is 5.96 Å². The molecule has 0 aliphatic rings. The van der Waals surface area contributed by atoms with Crippen molar-refractivity contribution in [1.82, 2.24) is 10.6 Å². The highest BCUT2D eigenvalue weighted by molar-refractivity contribution is 5.79. The fourth-order valence-electron chi connectivity index (χ4n) is 2.09. The average molecular weight is 315 g/mol. The normalized spacial score (nSPS) is 11.1. The van der Waals surface area contributed by atoms with Crippen molar-refractivity contribution in [2.24, 2.45) is 4.99 Å². The number of para-hydroxylation sites is 1. The third kappa shape index (κ3) is 6.38. The molecule has 0 spiro atoms. The zero-order valence-electron chi connectivity index (χ0n) is 13.3. The number of rotatable bonds is 7. The van der Waals surface area contributed by atoms with E-state index in [4.69, 9.17) is 4.74 Å². The lowest BCUT2D eigenvalue weighted by Crippen LogP contribution is -2.40. The summed E-state index contributed by atoms with van der Waals surface area (Å²) in [7, 11) is 1.72. The Kier molecular flexibility index (Phi) is 6.91. The van der Waals surface area contributed by atoms with Gasteiger partial charge in [0.2, 0.25) is 0 Å². The quantitative estimate of drug-likeness (QED) is 0.469. The van der Waals surface area contributed by atoms with E-state index in [-0.39, 0.29) is 5.82 Å². The van der Waals surface area contributed by atoms with Gasteiger partial charge < -0.3 is 15.4 Å². The molecule has 0 unspecified atom stereocenters. The van der Waals surface area contributed by atoms with Crippen LogP contribution in [0.25, 0.3) is 0 Å². The lowest BCUT2D eigenvalue weighted by atomic mass is 10.1. The maximum absolute atomic E-state index is 13.1. The largest absolute Gasteiger partial charge is 0.492 e. The molecular formula is C18H22FN3O. The highest BCUT2D eigenvalue weighted by Crippen LogP contribution is 2.07. The maximum atomic E-state index is 13.1. The van der Waals surface area contributed by atoms with Gasteiger partial charge in [0, 0.05) is 13.6 Å². The molecule has 0 bridgehead atoms. The maximum Gasteiger partial charge on any atom is 0.191 e. The number of benzene rings is 2. The van der Waals surface area contributed by atoms with Crippen LogP contribution in [0.1, 0.15) is 5.56 Å². The first-order chi connectivity index (χ1) is 11.3. The molecule has 23 heavy (non-hydrogen) atoms. The third-order valence-electron chi connectivity index (χ3n) is 3.23. The molecule has 0 radical (unpaired) electrons. The second-order valence-electron chi connectivity index (χ2n) is 4.97. The first-order valence-electron chi connectivity index (χ1n) is 7.65.